The Hall–Kier alpha value is -2.54. The number of carbonyl (C=O) groups is 1. The number of anilines is 1. The molecule has 2 unspecified atom stereocenters. The molecular formula is C16H19N5O2. The van der Waals surface area contributed by atoms with Crippen LogP contribution in [0.1, 0.15) is 12.0 Å². The Bertz CT molecular complexity index is 652. The minimum absolute atomic E-state index is 0.0379. The number of aliphatic hydroxyl groups is 1. The molecule has 120 valence electrons. The Morgan fingerprint density at radius 3 is 2.96 bits per heavy atom. The zero-order valence-electron chi connectivity index (χ0n) is 12.9. The molecule has 3 heterocycles. The molecule has 0 aromatic carbocycles. The third-order valence-electron chi connectivity index (χ3n) is 3.94. The second-order valence-electron chi connectivity index (χ2n) is 5.68. The first-order chi connectivity index (χ1) is 11.1. The van der Waals surface area contributed by atoms with Crippen molar-refractivity contribution >= 4 is 11.7 Å². The van der Waals surface area contributed by atoms with Crippen molar-refractivity contribution in [2.45, 2.75) is 25.1 Å². The van der Waals surface area contributed by atoms with Crippen molar-refractivity contribution in [2.24, 2.45) is 0 Å². The fourth-order valence-corrected chi connectivity index (χ4v) is 2.85. The number of rotatable bonds is 4. The van der Waals surface area contributed by atoms with Crippen LogP contribution in [-0.2, 0) is 11.3 Å². The number of hydrogen-bond acceptors (Lipinski definition) is 6. The molecule has 0 saturated carbocycles. The first-order valence-corrected chi connectivity index (χ1v) is 7.50. The predicted octanol–water partition coefficient (Wildman–Crippen LogP) is 0.470. The summed E-state index contributed by atoms with van der Waals surface area (Å²) in [5, 5.41) is 9.99. The van der Waals surface area contributed by atoms with Gasteiger partial charge in [-0.3, -0.25) is 9.78 Å². The third kappa shape index (κ3) is 3.45. The van der Waals surface area contributed by atoms with E-state index < -0.39 is 12.1 Å². The van der Waals surface area contributed by atoms with E-state index in [1.54, 1.807) is 36.6 Å². The van der Waals surface area contributed by atoms with E-state index in [1.807, 2.05) is 17.0 Å². The molecule has 0 radical (unpaired) electrons. The standard InChI is InChI=1S/C16H19N5O2/c1-20(9-12-3-2-5-17-8-12)16(23)14-7-13(22)10-21(14)15-4-6-18-11-19-15/h2-6,8,11,13-14,22H,7,9-10H2,1H3. The van der Waals surface area contributed by atoms with Crippen molar-refractivity contribution in [3.05, 3.63) is 48.7 Å². The van der Waals surface area contributed by atoms with Crippen LogP contribution in [-0.4, -0.2) is 56.6 Å². The highest BCUT2D eigenvalue weighted by Crippen LogP contribution is 2.25. The first-order valence-electron chi connectivity index (χ1n) is 7.50. The zero-order chi connectivity index (χ0) is 16.2. The van der Waals surface area contributed by atoms with E-state index in [2.05, 4.69) is 15.0 Å². The second kappa shape index (κ2) is 6.70. The highest BCUT2D eigenvalue weighted by Gasteiger charge is 2.38. The van der Waals surface area contributed by atoms with Gasteiger partial charge >= 0.3 is 0 Å². The topological polar surface area (TPSA) is 82.5 Å². The highest BCUT2D eigenvalue weighted by molar-refractivity contribution is 5.85. The maximum atomic E-state index is 12.8. The van der Waals surface area contributed by atoms with Gasteiger partial charge in [0.15, 0.2) is 0 Å². The van der Waals surface area contributed by atoms with Crippen LogP contribution in [0.5, 0.6) is 0 Å². The molecule has 1 saturated heterocycles. The molecular weight excluding hydrogens is 294 g/mol. The van der Waals surface area contributed by atoms with Gasteiger partial charge in [-0.2, -0.15) is 0 Å². The zero-order valence-corrected chi connectivity index (χ0v) is 12.9. The summed E-state index contributed by atoms with van der Waals surface area (Å²) in [6.45, 7) is 0.880. The maximum Gasteiger partial charge on any atom is 0.245 e. The minimum atomic E-state index is -0.536. The van der Waals surface area contributed by atoms with Gasteiger partial charge in [0, 0.05) is 45.1 Å². The highest BCUT2D eigenvalue weighted by atomic mass is 16.3. The van der Waals surface area contributed by atoms with Gasteiger partial charge in [0.05, 0.1) is 6.10 Å². The van der Waals surface area contributed by atoms with Gasteiger partial charge in [0.1, 0.15) is 18.2 Å². The van der Waals surface area contributed by atoms with E-state index in [9.17, 15) is 9.90 Å². The summed E-state index contributed by atoms with van der Waals surface area (Å²) < 4.78 is 0. The Labute approximate surface area is 134 Å². The second-order valence-corrected chi connectivity index (χ2v) is 5.68. The molecule has 0 spiro atoms. The summed E-state index contributed by atoms with van der Waals surface area (Å²) in [5.41, 5.74) is 0.968. The normalized spacial score (nSPS) is 20.5. The van der Waals surface area contributed by atoms with Crippen LogP contribution in [0, 0.1) is 0 Å². The number of pyridine rings is 1. The molecule has 3 rings (SSSR count). The van der Waals surface area contributed by atoms with Gasteiger partial charge in [-0.1, -0.05) is 6.07 Å². The van der Waals surface area contributed by atoms with Crippen molar-refractivity contribution in [1.29, 1.82) is 0 Å². The van der Waals surface area contributed by atoms with Crippen molar-refractivity contribution in [3.63, 3.8) is 0 Å². The maximum absolute atomic E-state index is 12.8. The molecule has 1 aliphatic rings. The molecule has 0 aliphatic carbocycles. The van der Waals surface area contributed by atoms with Crippen LogP contribution in [0.25, 0.3) is 0 Å². The summed E-state index contributed by atoms with van der Waals surface area (Å²) in [4.78, 5) is 28.4. The van der Waals surface area contributed by atoms with Gasteiger partial charge < -0.3 is 14.9 Å². The van der Waals surface area contributed by atoms with E-state index in [1.165, 1.54) is 6.33 Å². The Morgan fingerprint density at radius 1 is 1.39 bits per heavy atom. The minimum Gasteiger partial charge on any atom is -0.391 e. The van der Waals surface area contributed by atoms with Crippen LogP contribution >= 0.6 is 0 Å². The summed E-state index contributed by atoms with van der Waals surface area (Å²) >= 11 is 0. The van der Waals surface area contributed by atoms with Gasteiger partial charge in [0.25, 0.3) is 0 Å². The SMILES string of the molecule is CN(Cc1cccnc1)C(=O)C1CC(O)CN1c1ccncn1. The number of aromatic nitrogens is 3. The number of likely N-dealkylation sites (N-methyl/N-ethyl adjacent to an activating group) is 1. The molecule has 7 heteroatoms. The van der Waals surface area contributed by atoms with Gasteiger partial charge in [0.2, 0.25) is 5.91 Å². The number of hydrogen-bond donors (Lipinski definition) is 1. The number of amides is 1. The first kappa shape index (κ1) is 15.4. The Morgan fingerprint density at radius 2 is 2.26 bits per heavy atom. The average molecular weight is 313 g/mol. The molecule has 1 aliphatic heterocycles. The smallest absolute Gasteiger partial charge is 0.245 e. The van der Waals surface area contributed by atoms with Crippen molar-refractivity contribution < 1.29 is 9.90 Å². The van der Waals surface area contributed by atoms with Gasteiger partial charge in [-0.05, 0) is 17.7 Å². The Balaban J connectivity index is 1.74. The molecule has 0 bridgehead atoms. The van der Waals surface area contributed by atoms with E-state index in [-0.39, 0.29) is 5.91 Å². The van der Waals surface area contributed by atoms with Crippen LogP contribution in [0.2, 0.25) is 0 Å². The summed E-state index contributed by atoms with van der Waals surface area (Å²) in [7, 11) is 1.76. The quantitative estimate of drug-likeness (QED) is 0.883. The summed E-state index contributed by atoms with van der Waals surface area (Å²) in [6, 6.07) is 5.11. The number of carbonyl (C=O) groups excluding carboxylic acids is 1. The molecule has 2 aromatic rings. The molecule has 1 fully saturated rings. The van der Waals surface area contributed by atoms with E-state index in [0.29, 0.717) is 25.3 Å². The number of nitrogens with zero attached hydrogens (tertiary/aromatic N) is 5. The van der Waals surface area contributed by atoms with Gasteiger partial charge in [-0.25, -0.2) is 9.97 Å². The monoisotopic (exact) mass is 313 g/mol. The van der Waals surface area contributed by atoms with Gasteiger partial charge in [-0.15, -0.1) is 0 Å². The fourth-order valence-electron chi connectivity index (χ4n) is 2.85. The largest absolute Gasteiger partial charge is 0.391 e. The molecule has 1 N–H and O–H groups in total. The number of aliphatic hydroxyl groups excluding tert-OH is 1. The molecule has 7 nitrogen and oxygen atoms in total. The lowest BCUT2D eigenvalue weighted by Gasteiger charge is -2.28. The fraction of sp³-hybridized carbons (Fsp3) is 0.375. The predicted molar refractivity (Wildman–Crippen MR) is 84.5 cm³/mol. The van der Waals surface area contributed by atoms with Crippen LogP contribution in [0.3, 0.4) is 0 Å². The van der Waals surface area contributed by atoms with E-state index in [0.717, 1.165) is 5.56 Å². The Kier molecular flexibility index (Phi) is 4.47. The van der Waals surface area contributed by atoms with Crippen molar-refractivity contribution in [3.8, 4) is 0 Å². The molecule has 1 amide bonds. The molecule has 2 aromatic heterocycles. The van der Waals surface area contributed by atoms with Crippen molar-refractivity contribution in [2.75, 3.05) is 18.5 Å². The summed E-state index contributed by atoms with van der Waals surface area (Å²) in [6.07, 6.45) is 6.39. The van der Waals surface area contributed by atoms with E-state index in [4.69, 9.17) is 0 Å². The lowest BCUT2D eigenvalue weighted by atomic mass is 10.1. The van der Waals surface area contributed by atoms with Crippen LogP contribution in [0.4, 0.5) is 5.82 Å². The molecule has 23 heavy (non-hydrogen) atoms. The summed E-state index contributed by atoms with van der Waals surface area (Å²) in [5.74, 6) is 0.619. The lowest BCUT2D eigenvalue weighted by molar-refractivity contribution is -0.131. The number of β-amino-alcohol motifs (C(OH)–C–C–N with tert-alkyl or cyclic N) is 1. The molecule has 2 atom stereocenters. The van der Waals surface area contributed by atoms with Crippen LogP contribution < -0.4 is 4.90 Å². The van der Waals surface area contributed by atoms with E-state index >= 15 is 0 Å². The van der Waals surface area contributed by atoms with Crippen molar-refractivity contribution in [1.82, 2.24) is 19.9 Å². The lowest BCUT2D eigenvalue weighted by Crippen LogP contribution is -2.44. The third-order valence-corrected chi connectivity index (χ3v) is 3.94. The average Bonchev–Trinajstić information content (AvgIpc) is 2.97. The van der Waals surface area contributed by atoms with Crippen LogP contribution in [0.15, 0.2) is 43.1 Å².